The zero-order valence-corrected chi connectivity index (χ0v) is 9.54. The Morgan fingerprint density at radius 2 is 2.47 bits per heavy atom. The highest BCUT2D eigenvalue weighted by Gasteiger charge is 2.21. The molecule has 0 amide bonds. The molecule has 0 saturated carbocycles. The molecule has 0 aromatic carbocycles. The minimum absolute atomic E-state index is 0.610. The topological polar surface area (TPSA) is 21.3 Å². The Morgan fingerprint density at radius 1 is 1.53 bits per heavy atom. The summed E-state index contributed by atoms with van der Waals surface area (Å²) >= 11 is 0. The van der Waals surface area contributed by atoms with E-state index in [0.717, 1.165) is 25.2 Å². The predicted octanol–water partition coefficient (Wildman–Crippen LogP) is 2.63. The van der Waals surface area contributed by atoms with Gasteiger partial charge in [-0.3, -0.25) is 0 Å². The predicted molar refractivity (Wildman–Crippen MR) is 62.6 cm³/mol. The summed E-state index contributed by atoms with van der Waals surface area (Å²) in [6, 6.07) is 0.610. The zero-order chi connectivity index (χ0) is 10.5. The van der Waals surface area contributed by atoms with Crippen LogP contribution in [0.4, 0.5) is 0 Å². The summed E-state index contributed by atoms with van der Waals surface area (Å²) in [5, 5.41) is 3.51. The lowest BCUT2D eigenvalue weighted by Gasteiger charge is -2.30. The molecule has 84 valence electrons. The summed E-state index contributed by atoms with van der Waals surface area (Å²) in [5.41, 5.74) is 0. The first-order valence-corrected chi connectivity index (χ1v) is 6.08. The van der Waals surface area contributed by atoms with Crippen molar-refractivity contribution in [1.82, 2.24) is 5.32 Å². The van der Waals surface area contributed by atoms with Gasteiger partial charge in [0.25, 0.3) is 0 Å². The largest absolute Gasteiger partial charge is 0.498 e. The Morgan fingerprint density at radius 3 is 3.20 bits per heavy atom. The monoisotopic (exact) mass is 207 g/mol. The maximum Gasteiger partial charge on any atom is 0.0962 e. The molecule has 15 heavy (non-hydrogen) atoms. The molecule has 2 aliphatic rings. The molecule has 1 aliphatic heterocycles. The Bertz CT molecular complexity index is 257. The van der Waals surface area contributed by atoms with Crippen molar-refractivity contribution in [2.75, 3.05) is 13.2 Å². The first-order chi connectivity index (χ1) is 7.36. The number of rotatable bonds is 3. The van der Waals surface area contributed by atoms with E-state index in [9.17, 15) is 0 Å². The molecule has 0 spiro atoms. The van der Waals surface area contributed by atoms with Crippen molar-refractivity contribution in [2.45, 2.75) is 38.6 Å². The molecule has 2 rings (SSSR count). The third kappa shape index (κ3) is 3.10. The lowest BCUT2D eigenvalue weighted by Crippen LogP contribution is -2.40. The molecule has 1 fully saturated rings. The van der Waals surface area contributed by atoms with Crippen LogP contribution in [0.5, 0.6) is 0 Å². The Balaban J connectivity index is 1.76. The van der Waals surface area contributed by atoms with Gasteiger partial charge in [0.2, 0.25) is 0 Å². The molecular weight excluding hydrogens is 186 g/mol. The fraction of sp³-hybridized carbons (Fsp3) is 0.692. The molecule has 0 bridgehead atoms. The van der Waals surface area contributed by atoms with Gasteiger partial charge in [-0.15, -0.1) is 0 Å². The van der Waals surface area contributed by atoms with Gasteiger partial charge in [0.05, 0.1) is 12.4 Å². The first-order valence-electron chi connectivity index (χ1n) is 6.08. The lowest BCUT2D eigenvalue weighted by molar-refractivity contribution is 0.121. The molecule has 0 aromatic heterocycles. The van der Waals surface area contributed by atoms with Crippen LogP contribution < -0.4 is 5.32 Å². The summed E-state index contributed by atoms with van der Waals surface area (Å²) in [4.78, 5) is 0. The third-order valence-electron chi connectivity index (χ3n) is 3.38. The molecular formula is C13H21NO. The molecule has 2 unspecified atom stereocenters. The Labute approximate surface area is 92.4 Å². The van der Waals surface area contributed by atoms with Crippen molar-refractivity contribution < 1.29 is 4.74 Å². The minimum atomic E-state index is 0.610. The third-order valence-corrected chi connectivity index (χ3v) is 3.38. The molecule has 2 nitrogen and oxygen atoms in total. The summed E-state index contributed by atoms with van der Waals surface area (Å²) < 4.78 is 5.86. The molecule has 1 heterocycles. The highest BCUT2D eigenvalue weighted by molar-refractivity contribution is 5.12. The van der Waals surface area contributed by atoms with Crippen molar-refractivity contribution in [3.05, 3.63) is 24.0 Å². The Hall–Kier alpha value is -0.760. The number of ether oxygens (including phenoxy) is 1. The minimum Gasteiger partial charge on any atom is -0.498 e. The van der Waals surface area contributed by atoms with E-state index in [4.69, 9.17) is 4.74 Å². The van der Waals surface area contributed by atoms with Crippen molar-refractivity contribution in [3.8, 4) is 0 Å². The van der Waals surface area contributed by atoms with Gasteiger partial charge >= 0.3 is 0 Å². The molecule has 2 heteroatoms. The van der Waals surface area contributed by atoms with Gasteiger partial charge in [-0.1, -0.05) is 12.2 Å². The number of allylic oxidation sites excluding steroid dienone is 4. The number of hydrogen-bond donors (Lipinski definition) is 1. The van der Waals surface area contributed by atoms with Gasteiger partial charge in [-0.05, 0) is 38.8 Å². The van der Waals surface area contributed by atoms with E-state index >= 15 is 0 Å². The van der Waals surface area contributed by atoms with Crippen molar-refractivity contribution >= 4 is 0 Å². The van der Waals surface area contributed by atoms with Gasteiger partial charge in [-0.2, -0.15) is 0 Å². The molecule has 1 aliphatic carbocycles. The van der Waals surface area contributed by atoms with E-state index in [1.165, 1.54) is 19.4 Å². The van der Waals surface area contributed by atoms with Gasteiger partial charge in [0.1, 0.15) is 0 Å². The summed E-state index contributed by atoms with van der Waals surface area (Å²) in [6.07, 6.45) is 11.2. The SMILES string of the molecule is CC1NCCCC1COC1=CC=CCC1. The van der Waals surface area contributed by atoms with Crippen LogP contribution in [0.1, 0.15) is 32.6 Å². The second-order valence-electron chi connectivity index (χ2n) is 4.56. The highest BCUT2D eigenvalue weighted by Crippen LogP contribution is 2.20. The maximum absolute atomic E-state index is 5.86. The standard InChI is InChI=1S/C13H21NO/c1-11-12(6-5-9-14-11)10-15-13-7-3-2-4-8-13/h2-3,7,11-12,14H,4-6,8-10H2,1H3. The molecule has 0 radical (unpaired) electrons. The lowest BCUT2D eigenvalue weighted by atomic mass is 9.93. The van der Waals surface area contributed by atoms with Gasteiger partial charge < -0.3 is 10.1 Å². The molecule has 1 saturated heterocycles. The van der Waals surface area contributed by atoms with Crippen molar-refractivity contribution in [2.24, 2.45) is 5.92 Å². The molecule has 0 aromatic rings. The summed E-state index contributed by atoms with van der Waals surface area (Å²) in [5.74, 6) is 1.85. The van der Waals surface area contributed by atoms with Crippen LogP contribution in [-0.2, 0) is 4.74 Å². The number of hydrogen-bond acceptors (Lipinski definition) is 2. The molecule has 2 atom stereocenters. The highest BCUT2D eigenvalue weighted by atomic mass is 16.5. The van der Waals surface area contributed by atoms with E-state index in [1.54, 1.807) is 0 Å². The fourth-order valence-corrected chi connectivity index (χ4v) is 2.25. The second kappa shape index (κ2) is 5.36. The average molecular weight is 207 g/mol. The van der Waals surface area contributed by atoms with Crippen LogP contribution in [0.3, 0.4) is 0 Å². The number of nitrogens with one attached hydrogen (secondary N) is 1. The second-order valence-corrected chi connectivity index (χ2v) is 4.56. The van der Waals surface area contributed by atoms with Crippen LogP contribution in [0.2, 0.25) is 0 Å². The van der Waals surface area contributed by atoms with E-state index < -0.39 is 0 Å². The van der Waals surface area contributed by atoms with Crippen LogP contribution in [0.25, 0.3) is 0 Å². The van der Waals surface area contributed by atoms with Crippen molar-refractivity contribution in [3.63, 3.8) is 0 Å². The fourth-order valence-electron chi connectivity index (χ4n) is 2.25. The van der Waals surface area contributed by atoms with Gasteiger partial charge in [0.15, 0.2) is 0 Å². The first kappa shape index (κ1) is 10.7. The van der Waals surface area contributed by atoms with E-state index in [1.807, 2.05) is 0 Å². The smallest absolute Gasteiger partial charge is 0.0962 e. The van der Waals surface area contributed by atoms with Crippen LogP contribution >= 0.6 is 0 Å². The van der Waals surface area contributed by atoms with Gasteiger partial charge in [0, 0.05) is 18.4 Å². The summed E-state index contributed by atoms with van der Waals surface area (Å²) in [6.45, 7) is 4.32. The number of piperidine rings is 1. The normalized spacial score (nSPS) is 31.1. The van der Waals surface area contributed by atoms with Crippen LogP contribution in [0.15, 0.2) is 24.0 Å². The average Bonchev–Trinajstić information content (AvgIpc) is 2.29. The maximum atomic E-state index is 5.86. The zero-order valence-electron chi connectivity index (χ0n) is 9.54. The van der Waals surface area contributed by atoms with Crippen LogP contribution in [-0.4, -0.2) is 19.2 Å². The van der Waals surface area contributed by atoms with E-state index in [0.29, 0.717) is 12.0 Å². The molecule has 1 N–H and O–H groups in total. The van der Waals surface area contributed by atoms with E-state index in [-0.39, 0.29) is 0 Å². The van der Waals surface area contributed by atoms with Crippen LogP contribution in [0, 0.1) is 5.92 Å². The van der Waals surface area contributed by atoms with E-state index in [2.05, 4.69) is 30.5 Å². The van der Waals surface area contributed by atoms with Crippen molar-refractivity contribution in [1.29, 1.82) is 0 Å². The Kier molecular flexibility index (Phi) is 3.84. The summed E-state index contributed by atoms with van der Waals surface area (Å²) in [7, 11) is 0. The quantitative estimate of drug-likeness (QED) is 0.768. The van der Waals surface area contributed by atoms with Gasteiger partial charge in [-0.25, -0.2) is 0 Å².